The molecule has 0 aliphatic carbocycles. The van der Waals surface area contributed by atoms with E-state index in [1.165, 1.54) is 0 Å². The molecule has 1 aromatic carbocycles. The number of carboxylic acid groups (broad SMARTS) is 2. The average molecular weight is 447 g/mol. The molecule has 1 aliphatic heterocycles. The van der Waals surface area contributed by atoms with E-state index in [-0.39, 0.29) is 0 Å². The van der Waals surface area contributed by atoms with Crippen LogP contribution < -0.4 is 4.74 Å². The SMILES string of the molecule is Cc1cc(Br)ccc1OCCOCCN1CCN(C)CC1.O=C(O)C(=O)O. The molecule has 0 spiro atoms. The molecule has 1 heterocycles. The van der Waals surface area contributed by atoms with Gasteiger partial charge in [0.15, 0.2) is 0 Å². The molecule has 1 saturated heterocycles. The molecule has 27 heavy (non-hydrogen) atoms. The van der Waals surface area contributed by atoms with Crippen molar-refractivity contribution in [3.8, 4) is 5.75 Å². The van der Waals surface area contributed by atoms with Crippen molar-refractivity contribution in [3.05, 3.63) is 28.2 Å². The first kappa shape index (κ1) is 23.4. The molecular formula is C18H27BrN2O6. The van der Waals surface area contributed by atoms with Gasteiger partial charge in [-0.2, -0.15) is 0 Å². The molecule has 8 nitrogen and oxygen atoms in total. The number of ether oxygens (including phenoxy) is 2. The van der Waals surface area contributed by atoms with Gasteiger partial charge in [0, 0.05) is 37.2 Å². The minimum Gasteiger partial charge on any atom is -0.491 e. The Hall–Kier alpha value is -1.68. The van der Waals surface area contributed by atoms with Gasteiger partial charge in [0.2, 0.25) is 0 Å². The van der Waals surface area contributed by atoms with Crippen LogP contribution in [0.2, 0.25) is 0 Å². The van der Waals surface area contributed by atoms with Gasteiger partial charge in [-0.05, 0) is 37.7 Å². The molecule has 0 radical (unpaired) electrons. The van der Waals surface area contributed by atoms with Crippen LogP contribution in [0.3, 0.4) is 0 Å². The van der Waals surface area contributed by atoms with Crippen molar-refractivity contribution in [1.29, 1.82) is 0 Å². The van der Waals surface area contributed by atoms with Crippen LogP contribution in [-0.2, 0) is 14.3 Å². The summed E-state index contributed by atoms with van der Waals surface area (Å²) >= 11 is 3.45. The minimum atomic E-state index is -1.82. The largest absolute Gasteiger partial charge is 0.491 e. The Balaban J connectivity index is 0.000000527. The molecule has 0 atom stereocenters. The molecule has 0 bridgehead atoms. The molecule has 1 fully saturated rings. The lowest BCUT2D eigenvalue weighted by molar-refractivity contribution is -0.159. The Morgan fingerprint density at radius 3 is 2.26 bits per heavy atom. The van der Waals surface area contributed by atoms with Crippen molar-refractivity contribution in [1.82, 2.24) is 9.80 Å². The molecule has 152 valence electrons. The fourth-order valence-electron chi connectivity index (χ4n) is 2.35. The van der Waals surface area contributed by atoms with Crippen molar-refractivity contribution in [2.45, 2.75) is 6.92 Å². The third-order valence-corrected chi connectivity index (χ3v) is 4.45. The lowest BCUT2D eigenvalue weighted by atomic mass is 10.2. The Bertz CT molecular complexity index is 594. The van der Waals surface area contributed by atoms with Crippen LogP contribution in [-0.4, -0.2) is 91.5 Å². The number of carboxylic acids is 2. The van der Waals surface area contributed by atoms with Crippen molar-refractivity contribution < 1.29 is 29.3 Å². The van der Waals surface area contributed by atoms with E-state index in [0.29, 0.717) is 13.2 Å². The monoisotopic (exact) mass is 446 g/mol. The van der Waals surface area contributed by atoms with E-state index in [1.54, 1.807) is 0 Å². The second-order valence-electron chi connectivity index (χ2n) is 6.13. The van der Waals surface area contributed by atoms with Gasteiger partial charge in [0.05, 0.1) is 13.2 Å². The van der Waals surface area contributed by atoms with E-state index in [2.05, 4.69) is 38.8 Å². The van der Waals surface area contributed by atoms with Crippen LogP contribution in [0.1, 0.15) is 5.56 Å². The third kappa shape index (κ3) is 10.3. The molecule has 0 aromatic heterocycles. The van der Waals surface area contributed by atoms with Crippen LogP contribution in [0.15, 0.2) is 22.7 Å². The fraction of sp³-hybridized carbons (Fsp3) is 0.556. The second-order valence-corrected chi connectivity index (χ2v) is 7.04. The quantitative estimate of drug-likeness (QED) is 0.480. The van der Waals surface area contributed by atoms with Crippen molar-refractivity contribution in [3.63, 3.8) is 0 Å². The Kier molecular flexibility index (Phi) is 11.0. The molecule has 0 amide bonds. The number of piperazine rings is 1. The first-order valence-corrected chi connectivity index (χ1v) is 9.42. The lowest BCUT2D eigenvalue weighted by Gasteiger charge is -2.32. The molecular weight excluding hydrogens is 420 g/mol. The van der Waals surface area contributed by atoms with Crippen LogP contribution in [0.25, 0.3) is 0 Å². The molecule has 1 aliphatic rings. The molecule has 2 rings (SSSR count). The maximum Gasteiger partial charge on any atom is 0.414 e. The van der Waals surface area contributed by atoms with E-state index < -0.39 is 11.9 Å². The molecule has 9 heteroatoms. The van der Waals surface area contributed by atoms with Crippen LogP contribution in [0.4, 0.5) is 0 Å². The third-order valence-electron chi connectivity index (χ3n) is 3.95. The molecule has 0 unspecified atom stereocenters. The predicted molar refractivity (Wildman–Crippen MR) is 104 cm³/mol. The van der Waals surface area contributed by atoms with Crippen molar-refractivity contribution in [2.24, 2.45) is 0 Å². The smallest absolute Gasteiger partial charge is 0.414 e. The zero-order valence-corrected chi connectivity index (χ0v) is 17.3. The summed E-state index contributed by atoms with van der Waals surface area (Å²) in [5, 5.41) is 14.8. The summed E-state index contributed by atoms with van der Waals surface area (Å²) in [5.74, 6) is -2.72. The van der Waals surface area contributed by atoms with Gasteiger partial charge in [-0.15, -0.1) is 0 Å². The highest BCUT2D eigenvalue weighted by atomic mass is 79.9. The number of likely N-dealkylation sites (N-methyl/N-ethyl adjacent to an activating group) is 1. The highest BCUT2D eigenvalue weighted by Gasteiger charge is 2.12. The van der Waals surface area contributed by atoms with E-state index in [0.717, 1.165) is 55.1 Å². The van der Waals surface area contributed by atoms with Crippen LogP contribution in [0, 0.1) is 6.92 Å². The van der Waals surface area contributed by atoms with Crippen LogP contribution >= 0.6 is 15.9 Å². The highest BCUT2D eigenvalue weighted by Crippen LogP contribution is 2.21. The lowest BCUT2D eigenvalue weighted by Crippen LogP contribution is -2.45. The molecule has 2 N–H and O–H groups in total. The predicted octanol–water partition coefficient (Wildman–Crippen LogP) is 1.56. The summed E-state index contributed by atoms with van der Waals surface area (Å²) < 4.78 is 12.5. The van der Waals surface area contributed by atoms with Crippen molar-refractivity contribution >= 4 is 27.9 Å². The summed E-state index contributed by atoms with van der Waals surface area (Å²) in [6.07, 6.45) is 0. The summed E-state index contributed by atoms with van der Waals surface area (Å²) in [6, 6.07) is 6.05. The fourth-order valence-corrected chi connectivity index (χ4v) is 2.83. The summed E-state index contributed by atoms with van der Waals surface area (Å²) in [4.78, 5) is 23.0. The zero-order valence-electron chi connectivity index (χ0n) is 15.7. The summed E-state index contributed by atoms with van der Waals surface area (Å²) in [7, 11) is 2.18. The Morgan fingerprint density at radius 2 is 1.70 bits per heavy atom. The van der Waals surface area contributed by atoms with Crippen molar-refractivity contribution in [2.75, 3.05) is 59.6 Å². The van der Waals surface area contributed by atoms with Gasteiger partial charge in [0.25, 0.3) is 0 Å². The number of halogens is 1. The number of hydrogen-bond donors (Lipinski definition) is 2. The Labute approximate surface area is 167 Å². The number of carbonyl (C=O) groups is 2. The standard InChI is InChI=1S/C16H25BrN2O2.C2H2O4/c1-14-13-15(17)3-4-16(14)21-12-11-20-10-9-19-7-5-18(2)6-8-19;3-1(4)2(5)6/h3-4,13H,5-12H2,1-2H3;(H,3,4)(H,5,6). The highest BCUT2D eigenvalue weighted by molar-refractivity contribution is 9.10. The normalized spacial score (nSPS) is 14.9. The zero-order chi connectivity index (χ0) is 20.2. The number of aryl methyl sites for hydroxylation is 1. The Morgan fingerprint density at radius 1 is 1.07 bits per heavy atom. The summed E-state index contributed by atoms with van der Waals surface area (Å²) in [5.41, 5.74) is 1.14. The van der Waals surface area contributed by atoms with Gasteiger partial charge in [0.1, 0.15) is 12.4 Å². The van der Waals surface area contributed by atoms with Gasteiger partial charge >= 0.3 is 11.9 Å². The van der Waals surface area contributed by atoms with E-state index in [1.807, 2.05) is 19.1 Å². The number of hydrogen-bond acceptors (Lipinski definition) is 6. The van der Waals surface area contributed by atoms with Gasteiger partial charge in [-0.3, -0.25) is 4.90 Å². The number of nitrogens with zero attached hydrogens (tertiary/aromatic N) is 2. The van der Waals surface area contributed by atoms with Gasteiger partial charge in [-0.1, -0.05) is 15.9 Å². The average Bonchev–Trinajstić information content (AvgIpc) is 2.61. The van der Waals surface area contributed by atoms with E-state index in [9.17, 15) is 0 Å². The second kappa shape index (κ2) is 12.7. The van der Waals surface area contributed by atoms with E-state index >= 15 is 0 Å². The van der Waals surface area contributed by atoms with E-state index in [4.69, 9.17) is 29.3 Å². The maximum atomic E-state index is 9.10. The molecule has 0 saturated carbocycles. The number of rotatable bonds is 7. The first-order valence-electron chi connectivity index (χ1n) is 8.63. The first-order chi connectivity index (χ1) is 12.8. The topological polar surface area (TPSA) is 99.5 Å². The minimum absolute atomic E-state index is 0.602. The molecule has 1 aromatic rings. The maximum absolute atomic E-state index is 9.10. The number of benzene rings is 1. The van der Waals surface area contributed by atoms with Crippen LogP contribution in [0.5, 0.6) is 5.75 Å². The number of aliphatic carboxylic acids is 2. The summed E-state index contributed by atoms with van der Waals surface area (Å²) in [6.45, 7) is 9.71. The van der Waals surface area contributed by atoms with Gasteiger partial charge < -0.3 is 24.6 Å². The van der Waals surface area contributed by atoms with Gasteiger partial charge in [-0.25, -0.2) is 9.59 Å².